The first-order valence-corrected chi connectivity index (χ1v) is 3.44. The predicted octanol–water partition coefficient (Wildman–Crippen LogP) is -0.235. The van der Waals surface area contributed by atoms with Gasteiger partial charge >= 0.3 is 6.16 Å². The summed E-state index contributed by atoms with van der Waals surface area (Å²) in [4.78, 5) is 8.56. The SMILES string of the molecule is C=CCOCC(O)CO.O=C(O)O. The van der Waals surface area contributed by atoms with E-state index in [1.165, 1.54) is 0 Å². The van der Waals surface area contributed by atoms with Crippen LogP contribution in [0.4, 0.5) is 4.79 Å². The lowest BCUT2D eigenvalue weighted by Crippen LogP contribution is -2.19. The smallest absolute Gasteiger partial charge is 0.450 e. The molecule has 0 saturated carbocycles. The lowest BCUT2D eigenvalue weighted by molar-refractivity contribution is 0.0150. The predicted molar refractivity (Wildman–Crippen MR) is 44.8 cm³/mol. The molecular weight excluding hydrogens is 180 g/mol. The van der Waals surface area contributed by atoms with Gasteiger partial charge in [0, 0.05) is 0 Å². The van der Waals surface area contributed by atoms with Crippen molar-refractivity contribution in [2.24, 2.45) is 0 Å². The average molecular weight is 194 g/mol. The number of carboxylic acid groups (broad SMARTS) is 2. The fourth-order valence-corrected chi connectivity index (χ4v) is 0.340. The zero-order valence-corrected chi connectivity index (χ0v) is 7.09. The summed E-state index contributed by atoms with van der Waals surface area (Å²) in [5, 5.41) is 30.9. The van der Waals surface area contributed by atoms with E-state index >= 15 is 0 Å². The van der Waals surface area contributed by atoms with Gasteiger partial charge in [0.25, 0.3) is 0 Å². The average Bonchev–Trinajstić information content (AvgIpc) is 2.03. The van der Waals surface area contributed by atoms with Gasteiger partial charge in [-0.1, -0.05) is 6.08 Å². The third kappa shape index (κ3) is 24.8. The first-order valence-electron chi connectivity index (χ1n) is 3.44. The maximum atomic E-state index is 8.68. The Morgan fingerprint density at radius 2 is 2.00 bits per heavy atom. The fourth-order valence-electron chi connectivity index (χ4n) is 0.340. The van der Waals surface area contributed by atoms with E-state index in [1.807, 2.05) is 0 Å². The minimum atomic E-state index is -1.83. The van der Waals surface area contributed by atoms with Crippen molar-refractivity contribution in [3.05, 3.63) is 12.7 Å². The highest BCUT2D eigenvalue weighted by Gasteiger charge is 1.98. The van der Waals surface area contributed by atoms with Crippen LogP contribution < -0.4 is 0 Å². The van der Waals surface area contributed by atoms with Gasteiger partial charge in [-0.15, -0.1) is 6.58 Å². The van der Waals surface area contributed by atoms with Crippen molar-refractivity contribution in [2.75, 3.05) is 19.8 Å². The maximum absolute atomic E-state index is 8.68. The molecule has 0 fully saturated rings. The van der Waals surface area contributed by atoms with Crippen LogP contribution in [0.3, 0.4) is 0 Å². The number of hydrogen-bond donors (Lipinski definition) is 4. The van der Waals surface area contributed by atoms with Gasteiger partial charge in [-0.05, 0) is 0 Å². The Bertz CT molecular complexity index is 131. The molecule has 0 radical (unpaired) electrons. The van der Waals surface area contributed by atoms with Crippen LogP contribution >= 0.6 is 0 Å². The molecule has 0 aliphatic heterocycles. The highest BCUT2D eigenvalue weighted by molar-refractivity contribution is 5.53. The lowest BCUT2D eigenvalue weighted by atomic mass is 10.4. The van der Waals surface area contributed by atoms with Crippen LogP contribution in [0.25, 0.3) is 0 Å². The summed E-state index contributed by atoms with van der Waals surface area (Å²) in [6, 6.07) is 0. The Labute approximate surface area is 75.7 Å². The molecule has 1 atom stereocenters. The highest BCUT2D eigenvalue weighted by Crippen LogP contribution is 1.82. The minimum absolute atomic E-state index is 0.169. The summed E-state index contributed by atoms with van der Waals surface area (Å²) in [6.07, 6.45) is -1.01. The number of hydrogen-bond acceptors (Lipinski definition) is 4. The molecule has 78 valence electrons. The molecule has 6 heteroatoms. The number of rotatable bonds is 5. The molecule has 1 unspecified atom stereocenters. The molecular formula is C7H14O6. The van der Waals surface area contributed by atoms with Crippen LogP contribution in [0, 0.1) is 0 Å². The molecule has 0 saturated heterocycles. The fraction of sp³-hybridized carbons (Fsp3) is 0.571. The summed E-state index contributed by atoms with van der Waals surface area (Å²) in [5.41, 5.74) is 0. The van der Waals surface area contributed by atoms with E-state index in [2.05, 4.69) is 6.58 Å². The molecule has 13 heavy (non-hydrogen) atoms. The quantitative estimate of drug-likeness (QED) is 0.355. The largest absolute Gasteiger partial charge is 0.503 e. The van der Waals surface area contributed by atoms with E-state index in [9.17, 15) is 0 Å². The zero-order chi connectivity index (χ0) is 10.7. The third-order valence-electron chi connectivity index (χ3n) is 0.757. The van der Waals surface area contributed by atoms with E-state index in [0.29, 0.717) is 6.61 Å². The van der Waals surface area contributed by atoms with Crippen LogP contribution in [-0.2, 0) is 4.74 Å². The van der Waals surface area contributed by atoms with E-state index in [-0.39, 0.29) is 13.2 Å². The lowest BCUT2D eigenvalue weighted by Gasteiger charge is -2.04. The maximum Gasteiger partial charge on any atom is 0.503 e. The van der Waals surface area contributed by atoms with Gasteiger partial charge in [-0.2, -0.15) is 0 Å². The Balaban J connectivity index is 0. The van der Waals surface area contributed by atoms with Crippen LogP contribution in [-0.4, -0.2) is 52.5 Å². The molecule has 0 aliphatic carbocycles. The molecule has 6 nitrogen and oxygen atoms in total. The van der Waals surface area contributed by atoms with Crippen LogP contribution in [0.5, 0.6) is 0 Å². The second kappa shape index (κ2) is 10.9. The first kappa shape index (κ1) is 14.4. The summed E-state index contributed by atoms with van der Waals surface area (Å²) in [6.45, 7) is 3.74. The number of aliphatic hydroxyl groups is 2. The summed E-state index contributed by atoms with van der Waals surface area (Å²) >= 11 is 0. The van der Waals surface area contributed by atoms with Gasteiger partial charge in [0.2, 0.25) is 0 Å². The number of aliphatic hydroxyl groups excluding tert-OH is 2. The monoisotopic (exact) mass is 194 g/mol. The number of ether oxygens (including phenoxy) is 1. The normalized spacial score (nSPS) is 10.9. The van der Waals surface area contributed by atoms with Crippen molar-refractivity contribution in [3.63, 3.8) is 0 Å². The summed E-state index contributed by atoms with van der Waals surface area (Å²) < 4.78 is 4.81. The van der Waals surface area contributed by atoms with Crippen molar-refractivity contribution in [1.29, 1.82) is 0 Å². The zero-order valence-electron chi connectivity index (χ0n) is 7.09. The Kier molecular flexibility index (Phi) is 12.1. The van der Waals surface area contributed by atoms with Gasteiger partial charge in [-0.3, -0.25) is 0 Å². The molecule has 0 heterocycles. The molecule has 4 N–H and O–H groups in total. The van der Waals surface area contributed by atoms with E-state index in [4.69, 9.17) is 30.0 Å². The first-order chi connectivity index (χ1) is 6.04. The molecule has 0 bridgehead atoms. The summed E-state index contributed by atoms with van der Waals surface area (Å²) in [5.74, 6) is 0. The van der Waals surface area contributed by atoms with Crippen molar-refractivity contribution in [1.82, 2.24) is 0 Å². The van der Waals surface area contributed by atoms with Crippen LogP contribution in [0.15, 0.2) is 12.7 Å². The van der Waals surface area contributed by atoms with Crippen LogP contribution in [0.1, 0.15) is 0 Å². The third-order valence-corrected chi connectivity index (χ3v) is 0.757. The van der Waals surface area contributed by atoms with Crippen molar-refractivity contribution in [2.45, 2.75) is 6.10 Å². The highest BCUT2D eigenvalue weighted by atomic mass is 16.6. The molecule has 0 amide bonds. The van der Waals surface area contributed by atoms with Crippen molar-refractivity contribution < 1.29 is 30.0 Å². The molecule has 0 spiro atoms. The topological polar surface area (TPSA) is 107 Å². The van der Waals surface area contributed by atoms with Crippen molar-refractivity contribution >= 4 is 6.16 Å². The standard InChI is InChI=1S/C6H12O3.CH2O3/c1-2-3-9-5-6(8)4-7;2-1(3)4/h2,6-8H,1,3-5H2;(H2,2,3,4). The van der Waals surface area contributed by atoms with E-state index in [0.717, 1.165) is 0 Å². The second-order valence-electron chi connectivity index (χ2n) is 1.95. The molecule has 0 aromatic carbocycles. The van der Waals surface area contributed by atoms with Gasteiger partial charge in [0.1, 0.15) is 6.10 Å². The minimum Gasteiger partial charge on any atom is -0.450 e. The number of carbonyl (C=O) groups is 1. The van der Waals surface area contributed by atoms with Crippen LogP contribution in [0.2, 0.25) is 0 Å². The van der Waals surface area contributed by atoms with Gasteiger partial charge in [0.15, 0.2) is 0 Å². The molecule has 0 aromatic heterocycles. The molecule has 0 rings (SSSR count). The Hall–Kier alpha value is -1.11. The van der Waals surface area contributed by atoms with Gasteiger partial charge in [0.05, 0.1) is 19.8 Å². The second-order valence-corrected chi connectivity index (χ2v) is 1.95. The Morgan fingerprint density at radius 1 is 1.54 bits per heavy atom. The van der Waals surface area contributed by atoms with E-state index in [1.54, 1.807) is 6.08 Å². The molecule has 0 aromatic rings. The van der Waals surface area contributed by atoms with Gasteiger partial charge < -0.3 is 25.2 Å². The van der Waals surface area contributed by atoms with E-state index < -0.39 is 12.3 Å². The Morgan fingerprint density at radius 3 is 2.31 bits per heavy atom. The molecule has 0 aliphatic rings. The van der Waals surface area contributed by atoms with Crippen molar-refractivity contribution in [3.8, 4) is 0 Å². The summed E-state index contributed by atoms with van der Waals surface area (Å²) in [7, 11) is 0. The van der Waals surface area contributed by atoms with Gasteiger partial charge in [-0.25, -0.2) is 4.79 Å².